The first kappa shape index (κ1) is 17.4. The second kappa shape index (κ2) is 6.71. The Kier molecular flexibility index (Phi) is 4.02. The molecule has 0 spiro atoms. The first-order valence-corrected chi connectivity index (χ1v) is 9.45. The van der Waals surface area contributed by atoms with Gasteiger partial charge in [-0.3, -0.25) is 4.79 Å². The molecule has 2 aliphatic rings. The highest BCUT2D eigenvalue weighted by Crippen LogP contribution is 2.29. The average molecular weight is 388 g/mol. The monoisotopic (exact) mass is 388 g/mol. The number of hydrogen-bond acceptors (Lipinski definition) is 5. The van der Waals surface area contributed by atoms with Crippen LogP contribution in [-0.4, -0.2) is 33.8 Å². The van der Waals surface area contributed by atoms with Crippen LogP contribution < -0.4 is 9.80 Å². The zero-order valence-corrected chi connectivity index (χ0v) is 15.5. The van der Waals surface area contributed by atoms with E-state index in [0.717, 1.165) is 24.6 Å². The number of nitrogens with zero attached hydrogens (tertiary/aromatic N) is 6. The van der Waals surface area contributed by atoms with E-state index in [-0.39, 0.29) is 18.0 Å². The van der Waals surface area contributed by atoms with Gasteiger partial charge in [-0.1, -0.05) is 0 Å². The van der Waals surface area contributed by atoms with Crippen molar-refractivity contribution in [3.63, 3.8) is 0 Å². The fourth-order valence-electron chi connectivity index (χ4n) is 3.82. The van der Waals surface area contributed by atoms with Crippen molar-refractivity contribution in [3.05, 3.63) is 65.4 Å². The molecular formula is C21H17FN6O. The van der Waals surface area contributed by atoms with Gasteiger partial charge in [-0.25, -0.2) is 14.1 Å². The van der Waals surface area contributed by atoms with Crippen molar-refractivity contribution < 1.29 is 9.18 Å². The van der Waals surface area contributed by atoms with Crippen LogP contribution in [-0.2, 0) is 6.54 Å². The van der Waals surface area contributed by atoms with Gasteiger partial charge in [0.1, 0.15) is 17.7 Å². The number of pyridine rings is 1. The van der Waals surface area contributed by atoms with Gasteiger partial charge < -0.3 is 9.80 Å². The minimum absolute atomic E-state index is 0.0480. The summed E-state index contributed by atoms with van der Waals surface area (Å²) in [4.78, 5) is 21.0. The van der Waals surface area contributed by atoms with Crippen LogP contribution >= 0.6 is 0 Å². The van der Waals surface area contributed by atoms with Gasteiger partial charge in [0, 0.05) is 25.0 Å². The van der Waals surface area contributed by atoms with Gasteiger partial charge in [0.15, 0.2) is 0 Å². The first-order valence-electron chi connectivity index (χ1n) is 9.45. The Morgan fingerprint density at radius 3 is 2.55 bits per heavy atom. The van der Waals surface area contributed by atoms with Gasteiger partial charge >= 0.3 is 0 Å². The van der Waals surface area contributed by atoms with Crippen molar-refractivity contribution in [2.24, 2.45) is 0 Å². The van der Waals surface area contributed by atoms with Crippen LogP contribution in [0.2, 0.25) is 0 Å². The zero-order valence-electron chi connectivity index (χ0n) is 15.5. The second-order valence-electron chi connectivity index (χ2n) is 7.17. The van der Waals surface area contributed by atoms with Crippen molar-refractivity contribution in [3.8, 4) is 11.8 Å². The number of amides is 1. The lowest BCUT2D eigenvalue weighted by Gasteiger charge is -2.17. The molecular weight excluding hydrogens is 371 g/mol. The fourth-order valence-corrected chi connectivity index (χ4v) is 3.82. The Bertz CT molecular complexity index is 1140. The Morgan fingerprint density at radius 1 is 1.10 bits per heavy atom. The molecule has 1 fully saturated rings. The molecule has 0 saturated carbocycles. The standard InChI is InChI=1S/C21H17FN6O/c22-18-9-15(4-3-14(18)10-23)27-13-19-17(21(27)29)12-28(25-19)16-5-6-20(24-11-16)26-7-1-2-8-26/h3-6,9,11-12H,1-2,7-8,13H2. The van der Waals surface area contributed by atoms with Crippen LogP contribution in [0.25, 0.3) is 5.69 Å². The lowest BCUT2D eigenvalue weighted by atomic mass is 10.2. The highest BCUT2D eigenvalue weighted by atomic mass is 19.1. The number of carbonyl (C=O) groups is 1. The van der Waals surface area contributed by atoms with Crippen molar-refractivity contribution in [1.82, 2.24) is 14.8 Å². The SMILES string of the molecule is N#Cc1ccc(N2Cc3nn(-c4ccc(N5CCCC5)nc4)cc3C2=O)cc1F. The smallest absolute Gasteiger partial charge is 0.262 e. The first-order chi connectivity index (χ1) is 14.1. The third-order valence-corrected chi connectivity index (χ3v) is 5.39. The van der Waals surface area contributed by atoms with Crippen molar-refractivity contribution in [2.45, 2.75) is 19.4 Å². The second-order valence-corrected chi connectivity index (χ2v) is 7.17. The number of rotatable bonds is 3. The Labute approximate surface area is 166 Å². The normalized spacial score (nSPS) is 15.7. The van der Waals surface area contributed by atoms with E-state index in [1.54, 1.807) is 29.2 Å². The van der Waals surface area contributed by atoms with Gasteiger partial charge in [0.25, 0.3) is 5.91 Å². The third-order valence-electron chi connectivity index (χ3n) is 5.39. The maximum Gasteiger partial charge on any atom is 0.262 e. The molecule has 29 heavy (non-hydrogen) atoms. The van der Waals surface area contributed by atoms with Crippen LogP contribution in [0, 0.1) is 17.1 Å². The molecule has 4 heterocycles. The number of carbonyl (C=O) groups excluding carboxylic acids is 1. The number of nitriles is 1. The number of halogens is 1. The molecule has 3 aromatic rings. The molecule has 0 unspecified atom stereocenters. The topological polar surface area (TPSA) is 78.1 Å². The lowest BCUT2D eigenvalue weighted by Crippen LogP contribution is -2.24. The zero-order chi connectivity index (χ0) is 20.0. The Hall–Kier alpha value is -3.73. The molecule has 1 amide bonds. The summed E-state index contributed by atoms with van der Waals surface area (Å²) < 4.78 is 15.6. The van der Waals surface area contributed by atoms with Crippen LogP contribution in [0.4, 0.5) is 15.9 Å². The predicted molar refractivity (Wildman–Crippen MR) is 104 cm³/mol. The van der Waals surface area contributed by atoms with Crippen LogP contribution in [0.3, 0.4) is 0 Å². The summed E-state index contributed by atoms with van der Waals surface area (Å²) in [5.74, 6) is 0.0737. The number of benzene rings is 1. The molecule has 0 atom stereocenters. The molecule has 144 valence electrons. The summed E-state index contributed by atoms with van der Waals surface area (Å²) in [5, 5.41) is 13.4. The fraction of sp³-hybridized carbons (Fsp3) is 0.238. The molecule has 2 aromatic heterocycles. The van der Waals surface area contributed by atoms with Gasteiger partial charge in [0.2, 0.25) is 0 Å². The van der Waals surface area contributed by atoms with Gasteiger partial charge in [0.05, 0.1) is 35.2 Å². The minimum atomic E-state index is -0.642. The summed E-state index contributed by atoms with van der Waals surface area (Å²) in [6.07, 6.45) is 5.83. The van der Waals surface area contributed by atoms with Gasteiger partial charge in [-0.2, -0.15) is 10.4 Å². The molecule has 1 aromatic carbocycles. The lowest BCUT2D eigenvalue weighted by molar-refractivity contribution is 0.0996. The largest absolute Gasteiger partial charge is 0.357 e. The van der Waals surface area contributed by atoms with E-state index in [1.807, 2.05) is 12.1 Å². The molecule has 0 bridgehead atoms. The molecule has 0 radical (unpaired) electrons. The Balaban J connectivity index is 1.38. The van der Waals surface area contributed by atoms with E-state index in [9.17, 15) is 9.18 Å². The van der Waals surface area contributed by atoms with Crippen LogP contribution in [0.15, 0.2) is 42.7 Å². The quantitative estimate of drug-likeness (QED) is 0.689. The number of hydrogen-bond donors (Lipinski definition) is 0. The van der Waals surface area contributed by atoms with E-state index in [4.69, 9.17) is 5.26 Å². The van der Waals surface area contributed by atoms with Gasteiger partial charge in [-0.15, -0.1) is 0 Å². The van der Waals surface area contributed by atoms with Crippen molar-refractivity contribution in [1.29, 1.82) is 5.26 Å². The van der Waals surface area contributed by atoms with E-state index < -0.39 is 5.82 Å². The summed E-state index contributed by atoms with van der Waals surface area (Å²) >= 11 is 0. The van der Waals surface area contributed by atoms with E-state index in [0.29, 0.717) is 16.9 Å². The molecule has 2 aliphatic heterocycles. The summed E-state index contributed by atoms with van der Waals surface area (Å²) in [7, 11) is 0. The molecule has 5 rings (SSSR count). The van der Waals surface area contributed by atoms with E-state index >= 15 is 0 Å². The van der Waals surface area contributed by atoms with Gasteiger partial charge in [-0.05, 0) is 43.2 Å². The molecule has 8 heteroatoms. The maximum atomic E-state index is 13.9. The summed E-state index contributed by atoms with van der Waals surface area (Å²) in [5.41, 5.74) is 2.26. The highest BCUT2D eigenvalue weighted by Gasteiger charge is 2.32. The van der Waals surface area contributed by atoms with Crippen molar-refractivity contribution in [2.75, 3.05) is 22.9 Å². The Morgan fingerprint density at radius 2 is 1.90 bits per heavy atom. The summed E-state index contributed by atoms with van der Waals surface area (Å²) in [6.45, 7) is 2.32. The van der Waals surface area contributed by atoms with E-state index in [1.165, 1.54) is 29.9 Å². The number of anilines is 2. The average Bonchev–Trinajstić information content (AvgIpc) is 3.46. The maximum absolute atomic E-state index is 13.9. The summed E-state index contributed by atoms with van der Waals surface area (Å²) in [6, 6.07) is 9.85. The molecule has 7 nitrogen and oxygen atoms in total. The van der Waals surface area contributed by atoms with Crippen LogP contribution in [0.1, 0.15) is 34.5 Å². The predicted octanol–water partition coefficient (Wildman–Crippen LogP) is 3.04. The number of fused-ring (bicyclic) bond motifs is 1. The van der Waals surface area contributed by atoms with Crippen LogP contribution in [0.5, 0.6) is 0 Å². The molecule has 1 saturated heterocycles. The van der Waals surface area contributed by atoms with Crippen molar-refractivity contribution >= 4 is 17.4 Å². The molecule has 0 N–H and O–H groups in total. The molecule has 0 aliphatic carbocycles. The number of aromatic nitrogens is 3. The minimum Gasteiger partial charge on any atom is -0.357 e. The third kappa shape index (κ3) is 2.91. The highest BCUT2D eigenvalue weighted by molar-refractivity contribution is 6.09. The van der Waals surface area contributed by atoms with E-state index in [2.05, 4.69) is 15.0 Å².